The van der Waals surface area contributed by atoms with Gasteiger partial charge in [0.1, 0.15) is 11.8 Å². The number of carbonyl (C=O) groups is 1. The molecule has 0 bridgehead atoms. The molecule has 2 aromatic heterocycles. The van der Waals surface area contributed by atoms with Crippen molar-refractivity contribution in [3.8, 4) is 0 Å². The molecule has 0 fully saturated rings. The number of nitrogens with zero attached hydrogens (tertiary/aromatic N) is 3. The summed E-state index contributed by atoms with van der Waals surface area (Å²) in [6.45, 7) is 0. The number of carboxylic acid groups (broad SMARTS) is 1. The second kappa shape index (κ2) is 11.5. The Morgan fingerprint density at radius 1 is 1.20 bits per heavy atom. The minimum atomic E-state index is -5.43. The van der Waals surface area contributed by atoms with Gasteiger partial charge in [-0.15, -0.1) is 0 Å². The maximum absolute atomic E-state index is 9.14. The van der Waals surface area contributed by atoms with Crippen LogP contribution in [0.1, 0.15) is 0 Å². The van der Waals surface area contributed by atoms with Crippen LogP contribution in [0.3, 0.4) is 0 Å². The van der Waals surface area contributed by atoms with E-state index in [0.717, 1.165) is 0 Å². The fourth-order valence-electron chi connectivity index (χ4n) is 0.784. The average Bonchev–Trinajstić information content (AvgIpc) is 2.66. The Hall–Kier alpha value is 0.970. The zero-order valence-corrected chi connectivity index (χ0v) is 18.0. The molecular formula is C6H5N5Na3O5P. The summed E-state index contributed by atoms with van der Waals surface area (Å²) in [6.07, 6.45) is 2.92. The van der Waals surface area contributed by atoms with Crippen LogP contribution in [-0.4, -0.2) is 25.6 Å². The molecule has 0 aromatic carbocycles. The molecule has 0 amide bonds. The summed E-state index contributed by atoms with van der Waals surface area (Å²) in [4.78, 5) is 41.7. The first-order valence-corrected chi connectivity index (χ1v) is 5.50. The summed E-state index contributed by atoms with van der Waals surface area (Å²) in [5.41, 5.74) is 4.22. The zero-order chi connectivity index (χ0) is 13.1. The number of fused-ring (bicyclic) bond motifs is 1. The molecule has 20 heavy (non-hydrogen) atoms. The fraction of sp³-hybridized carbons (Fsp3) is 0. The van der Waals surface area contributed by atoms with E-state index in [1.54, 1.807) is 0 Å². The molecule has 0 aliphatic rings. The van der Waals surface area contributed by atoms with Gasteiger partial charge in [-0.3, -0.25) is 0 Å². The summed E-state index contributed by atoms with van der Waals surface area (Å²) in [5, 5.41) is 9.02. The Kier molecular flexibility index (Phi) is 14.9. The van der Waals surface area contributed by atoms with Crippen LogP contribution in [0.15, 0.2) is 12.7 Å². The van der Waals surface area contributed by atoms with Crippen LogP contribution in [0.25, 0.3) is 11.2 Å². The van der Waals surface area contributed by atoms with Gasteiger partial charge in [0.05, 0.1) is 12.0 Å². The van der Waals surface area contributed by atoms with Crippen LogP contribution >= 0.6 is 7.60 Å². The molecule has 14 heteroatoms. The number of nitrogens with two attached hydrogens (primary N) is 1. The average molecular weight is 327 g/mol. The largest absolute Gasteiger partial charge is 1.00 e. The molecule has 0 unspecified atom stereocenters. The monoisotopic (exact) mass is 327 g/mol. The molecule has 0 aliphatic heterocycles. The van der Waals surface area contributed by atoms with Gasteiger partial charge in [-0.25, -0.2) is 15.0 Å². The van der Waals surface area contributed by atoms with Gasteiger partial charge in [0, 0.05) is 0 Å². The number of hydrogen-bond acceptors (Lipinski definition) is 9. The molecule has 2 heterocycles. The van der Waals surface area contributed by atoms with Crippen molar-refractivity contribution in [3.05, 3.63) is 12.7 Å². The van der Waals surface area contributed by atoms with Crippen LogP contribution in [-0.2, 0) is 4.57 Å². The Morgan fingerprint density at radius 3 is 2.10 bits per heavy atom. The van der Waals surface area contributed by atoms with E-state index in [-0.39, 0.29) is 88.7 Å². The Bertz CT molecular complexity index is 589. The van der Waals surface area contributed by atoms with Crippen molar-refractivity contribution in [2.75, 3.05) is 5.73 Å². The van der Waals surface area contributed by atoms with E-state index >= 15 is 0 Å². The van der Waals surface area contributed by atoms with E-state index in [1.807, 2.05) is 0 Å². The minimum Gasteiger partial charge on any atom is -0.807 e. The number of aromatic amines is 1. The smallest absolute Gasteiger partial charge is 0.807 e. The standard InChI is InChI=1S/C5H5N5.CH3O5P.3Na/c6-4-3-5(9-1-7-3)10-2-8-4;2-1(3)7(4,5)6;;;/h1-2H,(H3,6,7,8,9,10);(H,2,3)(H2,4,5,6);;;/q;;3*+1/p-3. The normalized spacial score (nSPS) is 9.10. The summed E-state index contributed by atoms with van der Waals surface area (Å²) in [6, 6.07) is 0. The van der Waals surface area contributed by atoms with Gasteiger partial charge in [-0.05, 0) is 7.60 Å². The maximum Gasteiger partial charge on any atom is 1.00 e. The fourth-order valence-corrected chi connectivity index (χ4v) is 0.784. The first kappa shape index (κ1) is 25.9. The number of imidazole rings is 1. The number of anilines is 1. The quantitative estimate of drug-likeness (QED) is 0.379. The van der Waals surface area contributed by atoms with Gasteiger partial charge in [-0.1, -0.05) is 0 Å². The molecule has 0 radical (unpaired) electrons. The van der Waals surface area contributed by atoms with E-state index in [9.17, 15) is 0 Å². The van der Waals surface area contributed by atoms with Gasteiger partial charge in [0.2, 0.25) is 0 Å². The minimum absolute atomic E-state index is 0. The number of nitrogen functional groups attached to an aromatic ring is 1. The molecule has 2 rings (SSSR count). The van der Waals surface area contributed by atoms with Gasteiger partial charge in [0.15, 0.2) is 11.5 Å². The summed E-state index contributed by atoms with van der Waals surface area (Å²) in [5.74, 6) is 0.433. The SMILES string of the molecule is Nc1ncnc2nc[nH]c12.O=C([O-])P(=O)([O-])[O-].[Na+].[Na+].[Na+]. The molecule has 0 saturated heterocycles. The molecule has 0 saturated carbocycles. The van der Waals surface area contributed by atoms with Crippen molar-refractivity contribution in [2.24, 2.45) is 0 Å². The van der Waals surface area contributed by atoms with E-state index < -0.39 is 13.3 Å². The molecule has 2 aromatic rings. The van der Waals surface area contributed by atoms with Crippen LogP contribution in [0.4, 0.5) is 10.6 Å². The number of hydrogen-bond donors (Lipinski definition) is 2. The number of rotatable bonds is 1. The van der Waals surface area contributed by atoms with Gasteiger partial charge < -0.3 is 35.0 Å². The van der Waals surface area contributed by atoms with E-state index in [2.05, 4.69) is 19.9 Å². The number of H-pyrrole nitrogens is 1. The number of carbonyl (C=O) groups excluding carboxylic acids is 1. The second-order valence-corrected chi connectivity index (χ2v) is 3.98. The van der Waals surface area contributed by atoms with Crippen LogP contribution in [0, 0.1) is 0 Å². The first-order chi connectivity index (χ1) is 7.82. The second-order valence-electron chi connectivity index (χ2n) is 2.62. The van der Waals surface area contributed by atoms with Crippen LogP contribution in [0.2, 0.25) is 0 Å². The molecule has 92 valence electrons. The number of aromatic nitrogens is 4. The first-order valence-electron chi connectivity index (χ1n) is 3.95. The Morgan fingerprint density at radius 2 is 1.70 bits per heavy atom. The molecule has 0 spiro atoms. The summed E-state index contributed by atoms with van der Waals surface area (Å²) < 4.78 is 9.14. The van der Waals surface area contributed by atoms with E-state index in [0.29, 0.717) is 17.0 Å². The maximum atomic E-state index is 9.14. The third kappa shape index (κ3) is 8.42. The van der Waals surface area contributed by atoms with E-state index in [4.69, 9.17) is 30.0 Å². The Labute approximate surface area is 179 Å². The molecule has 0 atom stereocenters. The Balaban J connectivity index is -0.000000265. The topological polar surface area (TPSA) is 184 Å². The predicted octanol–water partition coefficient (Wildman–Crippen LogP) is -11.8. The van der Waals surface area contributed by atoms with Crippen molar-refractivity contribution in [1.29, 1.82) is 0 Å². The van der Waals surface area contributed by atoms with Gasteiger partial charge in [-0.2, -0.15) is 0 Å². The van der Waals surface area contributed by atoms with Crippen molar-refractivity contribution in [1.82, 2.24) is 19.9 Å². The summed E-state index contributed by atoms with van der Waals surface area (Å²) >= 11 is 0. The van der Waals surface area contributed by atoms with Crippen molar-refractivity contribution in [3.63, 3.8) is 0 Å². The van der Waals surface area contributed by atoms with Gasteiger partial charge in [0.25, 0.3) is 0 Å². The van der Waals surface area contributed by atoms with Crippen molar-refractivity contribution >= 4 is 30.3 Å². The van der Waals surface area contributed by atoms with Crippen LogP contribution < -0.4 is 109 Å². The molecule has 0 aliphatic carbocycles. The third-order valence-electron chi connectivity index (χ3n) is 1.48. The third-order valence-corrected chi connectivity index (χ3v) is 1.92. The van der Waals surface area contributed by atoms with Crippen molar-refractivity contribution in [2.45, 2.75) is 0 Å². The zero-order valence-electron chi connectivity index (χ0n) is 11.1. The van der Waals surface area contributed by atoms with E-state index in [1.165, 1.54) is 12.7 Å². The number of nitrogens with one attached hydrogen (secondary N) is 1. The predicted molar refractivity (Wildman–Crippen MR) is 49.1 cm³/mol. The van der Waals surface area contributed by atoms with Gasteiger partial charge >= 0.3 is 88.7 Å². The van der Waals surface area contributed by atoms with Crippen LogP contribution in [0.5, 0.6) is 0 Å². The van der Waals surface area contributed by atoms with Crippen molar-refractivity contribution < 1.29 is 113 Å². The molecule has 3 N–H and O–H groups in total. The summed E-state index contributed by atoms with van der Waals surface area (Å²) in [7, 11) is -5.43. The molecule has 10 nitrogen and oxygen atoms in total. The molecular weight excluding hydrogens is 322 g/mol.